The van der Waals surface area contributed by atoms with Gasteiger partial charge < -0.3 is 9.67 Å². The maximum atomic E-state index is 11.8. The van der Waals surface area contributed by atoms with E-state index in [4.69, 9.17) is 0 Å². The molecule has 0 aliphatic heterocycles. The van der Waals surface area contributed by atoms with Crippen LogP contribution in [0, 0.1) is 6.92 Å². The molecule has 3 aromatic rings. The molecule has 0 bridgehead atoms. The third-order valence-electron chi connectivity index (χ3n) is 4.12. The highest BCUT2D eigenvalue weighted by molar-refractivity contribution is 8.04. The number of H-pyrrole nitrogens is 1. The van der Waals surface area contributed by atoms with E-state index >= 15 is 0 Å². The second-order valence-electron chi connectivity index (χ2n) is 5.75. The Bertz CT molecular complexity index is 1000. The molecule has 0 saturated carbocycles. The number of aromatic nitrogens is 4. The van der Waals surface area contributed by atoms with E-state index in [0.717, 1.165) is 39.7 Å². The molecule has 2 N–H and O–H groups in total. The fraction of sp³-hybridized carbons (Fsp3) is 0.211. The minimum Gasteiger partial charge on any atom is -0.477 e. The molecule has 0 aliphatic carbocycles. The fourth-order valence-corrected chi connectivity index (χ4v) is 3.56. The molecule has 6 nitrogen and oxygen atoms in total. The molecule has 0 spiro atoms. The maximum absolute atomic E-state index is 11.8. The van der Waals surface area contributed by atoms with E-state index in [1.54, 1.807) is 6.08 Å². The Morgan fingerprint density at radius 1 is 1.42 bits per heavy atom. The minimum absolute atomic E-state index is 0.177. The molecule has 1 aromatic carbocycles. The number of carbonyl (C=O) groups is 1. The number of aryl methyl sites for hydroxylation is 1. The molecule has 2 aromatic heterocycles. The second-order valence-corrected chi connectivity index (χ2v) is 6.76. The zero-order valence-corrected chi connectivity index (χ0v) is 15.5. The zero-order chi connectivity index (χ0) is 18.7. The van der Waals surface area contributed by atoms with Gasteiger partial charge in [0.05, 0.1) is 0 Å². The van der Waals surface area contributed by atoms with Crippen LogP contribution in [0.1, 0.15) is 24.0 Å². The van der Waals surface area contributed by atoms with E-state index in [0.29, 0.717) is 18.1 Å². The highest BCUT2D eigenvalue weighted by Gasteiger charge is 2.17. The lowest BCUT2D eigenvalue weighted by atomic mass is 10.1. The van der Waals surface area contributed by atoms with E-state index < -0.39 is 5.97 Å². The van der Waals surface area contributed by atoms with Crippen LogP contribution in [0.4, 0.5) is 0 Å². The van der Waals surface area contributed by atoms with Crippen molar-refractivity contribution >= 4 is 34.7 Å². The summed E-state index contributed by atoms with van der Waals surface area (Å²) in [6, 6.07) is 7.95. The van der Waals surface area contributed by atoms with Gasteiger partial charge in [-0.3, -0.25) is 5.10 Å². The monoisotopic (exact) mass is 368 g/mol. The van der Waals surface area contributed by atoms with E-state index in [1.165, 1.54) is 0 Å². The fourth-order valence-electron chi connectivity index (χ4n) is 2.85. The predicted molar refractivity (Wildman–Crippen MR) is 104 cm³/mol. The van der Waals surface area contributed by atoms with Crippen molar-refractivity contribution in [1.29, 1.82) is 0 Å². The number of hydrogen-bond acceptors (Lipinski definition) is 4. The van der Waals surface area contributed by atoms with Crippen LogP contribution in [-0.4, -0.2) is 30.8 Å². The van der Waals surface area contributed by atoms with Gasteiger partial charge in [-0.15, -0.1) is 11.7 Å². The molecule has 26 heavy (non-hydrogen) atoms. The van der Waals surface area contributed by atoms with E-state index in [1.807, 2.05) is 44.2 Å². The molecular weight excluding hydrogens is 348 g/mol. The minimum atomic E-state index is -1.00. The summed E-state index contributed by atoms with van der Waals surface area (Å²) >= 11 is 1.05. The lowest BCUT2D eigenvalue weighted by Gasteiger charge is -2.04. The number of rotatable bonds is 7. The van der Waals surface area contributed by atoms with Crippen LogP contribution in [0.25, 0.3) is 17.0 Å². The molecular formula is C19H20N4O2S. The van der Waals surface area contributed by atoms with E-state index in [-0.39, 0.29) is 4.91 Å². The number of nitrogens with zero attached hydrogens (tertiary/aromatic N) is 3. The Labute approximate surface area is 155 Å². The number of aromatic amines is 1. The van der Waals surface area contributed by atoms with Crippen molar-refractivity contribution in [3.8, 4) is 0 Å². The lowest BCUT2D eigenvalue weighted by molar-refractivity contribution is -0.131. The molecule has 134 valence electrons. The SMILES string of the molecule is C=CCn1c(C)c(/C=C(\Sc2n[nH]c(CC)n2)C(=O)O)c2ccccc21. The normalized spacial score (nSPS) is 11.8. The first-order valence-corrected chi connectivity index (χ1v) is 9.09. The summed E-state index contributed by atoms with van der Waals surface area (Å²) in [7, 11) is 0. The molecule has 0 radical (unpaired) electrons. The molecule has 7 heteroatoms. The first-order valence-electron chi connectivity index (χ1n) is 8.28. The van der Waals surface area contributed by atoms with Crippen molar-refractivity contribution < 1.29 is 9.90 Å². The molecule has 0 atom stereocenters. The van der Waals surface area contributed by atoms with Crippen LogP contribution < -0.4 is 0 Å². The number of nitrogens with one attached hydrogen (secondary N) is 1. The number of carboxylic acid groups (broad SMARTS) is 1. The molecule has 0 fully saturated rings. The maximum Gasteiger partial charge on any atom is 0.342 e. The van der Waals surface area contributed by atoms with Gasteiger partial charge >= 0.3 is 5.97 Å². The number of benzene rings is 1. The van der Waals surface area contributed by atoms with Crippen molar-refractivity contribution in [3.05, 3.63) is 58.9 Å². The Balaban J connectivity index is 2.09. The summed E-state index contributed by atoms with van der Waals surface area (Å²) in [6.07, 6.45) is 4.25. The van der Waals surface area contributed by atoms with Crippen molar-refractivity contribution in [1.82, 2.24) is 19.7 Å². The standard InChI is InChI=1S/C19H20N4O2S/c1-4-10-23-12(3)14(13-8-6-7-9-15(13)23)11-16(18(24)25)26-19-20-17(5-2)21-22-19/h4,6-9,11H,1,5,10H2,2-3H3,(H,24,25)(H,20,21,22)/b16-11-. The summed E-state index contributed by atoms with van der Waals surface area (Å²) in [4.78, 5) is 16.2. The van der Waals surface area contributed by atoms with Crippen LogP contribution in [0.5, 0.6) is 0 Å². The van der Waals surface area contributed by atoms with E-state index in [9.17, 15) is 9.90 Å². The third-order valence-corrected chi connectivity index (χ3v) is 5.00. The quantitative estimate of drug-likeness (QED) is 0.374. The van der Waals surface area contributed by atoms with Gasteiger partial charge in [-0.1, -0.05) is 31.2 Å². The average Bonchev–Trinajstić information content (AvgIpc) is 3.19. The molecule has 2 heterocycles. The number of allylic oxidation sites excluding steroid dienone is 1. The Hall–Kier alpha value is -2.80. The zero-order valence-electron chi connectivity index (χ0n) is 14.7. The smallest absolute Gasteiger partial charge is 0.342 e. The van der Waals surface area contributed by atoms with Crippen LogP contribution in [-0.2, 0) is 17.8 Å². The van der Waals surface area contributed by atoms with Crippen molar-refractivity contribution in [2.24, 2.45) is 0 Å². The summed E-state index contributed by atoms with van der Waals surface area (Å²) in [5.74, 6) is -0.270. The van der Waals surface area contributed by atoms with Gasteiger partial charge in [0, 0.05) is 35.1 Å². The second kappa shape index (κ2) is 7.61. The van der Waals surface area contributed by atoms with Crippen LogP contribution >= 0.6 is 11.8 Å². The van der Waals surface area contributed by atoms with Gasteiger partial charge in [0.25, 0.3) is 0 Å². The summed E-state index contributed by atoms with van der Waals surface area (Å²) in [5, 5.41) is 18.0. The number of carboxylic acids is 1. The van der Waals surface area contributed by atoms with E-state index in [2.05, 4.69) is 26.3 Å². The van der Waals surface area contributed by atoms with Gasteiger partial charge in [0.15, 0.2) is 0 Å². The number of hydrogen-bond donors (Lipinski definition) is 2. The molecule has 0 amide bonds. The first kappa shape index (κ1) is 18.0. The van der Waals surface area contributed by atoms with Gasteiger partial charge in [0.2, 0.25) is 5.16 Å². The summed E-state index contributed by atoms with van der Waals surface area (Å²) in [6.45, 7) is 8.42. The number of fused-ring (bicyclic) bond motifs is 1. The highest BCUT2D eigenvalue weighted by Crippen LogP contribution is 2.32. The summed E-state index contributed by atoms with van der Waals surface area (Å²) in [5.41, 5.74) is 2.94. The third kappa shape index (κ3) is 3.43. The van der Waals surface area contributed by atoms with Crippen molar-refractivity contribution in [2.75, 3.05) is 0 Å². The van der Waals surface area contributed by atoms with Crippen LogP contribution in [0.3, 0.4) is 0 Å². The van der Waals surface area contributed by atoms with Gasteiger partial charge in [-0.05, 0) is 30.8 Å². The van der Waals surface area contributed by atoms with Crippen LogP contribution in [0.2, 0.25) is 0 Å². The Kier molecular flexibility index (Phi) is 5.27. The topological polar surface area (TPSA) is 83.8 Å². The number of thioether (sulfide) groups is 1. The van der Waals surface area contributed by atoms with Gasteiger partial charge in [0.1, 0.15) is 10.7 Å². The first-order chi connectivity index (χ1) is 12.5. The average molecular weight is 368 g/mol. The molecule has 0 saturated heterocycles. The van der Waals surface area contributed by atoms with Gasteiger partial charge in [-0.25, -0.2) is 9.78 Å². The summed E-state index contributed by atoms with van der Waals surface area (Å²) < 4.78 is 2.13. The van der Waals surface area contributed by atoms with Crippen molar-refractivity contribution in [2.45, 2.75) is 32.0 Å². The molecule has 0 aliphatic rings. The Morgan fingerprint density at radius 2 is 2.19 bits per heavy atom. The number of para-hydroxylation sites is 1. The van der Waals surface area contributed by atoms with Crippen LogP contribution in [0.15, 0.2) is 47.0 Å². The highest BCUT2D eigenvalue weighted by atomic mass is 32.2. The predicted octanol–water partition coefficient (Wildman–Crippen LogP) is 4.03. The largest absolute Gasteiger partial charge is 0.477 e. The lowest BCUT2D eigenvalue weighted by Crippen LogP contribution is -1.99. The van der Waals surface area contributed by atoms with Gasteiger partial charge in [-0.2, -0.15) is 0 Å². The van der Waals surface area contributed by atoms with Crippen molar-refractivity contribution in [3.63, 3.8) is 0 Å². The molecule has 3 rings (SSSR count). The molecule has 0 unspecified atom stereocenters. The Morgan fingerprint density at radius 3 is 2.85 bits per heavy atom. The number of aliphatic carboxylic acids is 1.